The van der Waals surface area contributed by atoms with Gasteiger partial charge in [-0.3, -0.25) is 15.2 Å². The second kappa shape index (κ2) is 7.22. The van der Waals surface area contributed by atoms with Gasteiger partial charge in [-0.05, 0) is 18.2 Å². The van der Waals surface area contributed by atoms with Gasteiger partial charge in [0.1, 0.15) is 5.69 Å². The monoisotopic (exact) mass is 360 g/mol. The van der Waals surface area contributed by atoms with E-state index >= 15 is 0 Å². The van der Waals surface area contributed by atoms with Gasteiger partial charge >= 0.3 is 0 Å². The summed E-state index contributed by atoms with van der Waals surface area (Å²) in [6.45, 7) is 0. The molecule has 0 aliphatic rings. The summed E-state index contributed by atoms with van der Waals surface area (Å²) in [6, 6.07) is 5.17. The minimum atomic E-state index is -0.318. The number of nitrogens with zero attached hydrogens (tertiary/aromatic N) is 2. The lowest BCUT2D eigenvalue weighted by molar-refractivity contribution is 0.102. The van der Waals surface area contributed by atoms with E-state index in [2.05, 4.69) is 20.5 Å². The van der Waals surface area contributed by atoms with Gasteiger partial charge in [0.15, 0.2) is 16.6 Å². The van der Waals surface area contributed by atoms with Gasteiger partial charge in [0.05, 0.1) is 27.0 Å². The fourth-order valence-electron chi connectivity index (χ4n) is 2.26. The molecular weight excluding hydrogens is 344 g/mol. The maximum absolute atomic E-state index is 12.2. The molecule has 0 unspecified atom stereocenters. The second-order valence-electron chi connectivity index (χ2n) is 4.87. The Kier molecular flexibility index (Phi) is 4.85. The zero-order valence-electron chi connectivity index (χ0n) is 13.8. The molecule has 25 heavy (non-hydrogen) atoms. The van der Waals surface area contributed by atoms with E-state index in [0.717, 1.165) is 5.56 Å². The number of methoxy groups -OCH3 is 3. The number of carbonyl (C=O) groups excluding carboxylic acids is 1. The van der Waals surface area contributed by atoms with Crippen LogP contribution in [0.25, 0.3) is 11.3 Å². The molecule has 0 fully saturated rings. The van der Waals surface area contributed by atoms with Gasteiger partial charge in [0, 0.05) is 17.1 Å². The van der Waals surface area contributed by atoms with Crippen LogP contribution in [0.3, 0.4) is 0 Å². The highest BCUT2D eigenvalue weighted by Gasteiger charge is 2.17. The fraction of sp³-hybridized carbons (Fsp3) is 0.188. The van der Waals surface area contributed by atoms with Crippen molar-refractivity contribution in [2.75, 3.05) is 26.6 Å². The number of benzene rings is 1. The van der Waals surface area contributed by atoms with Gasteiger partial charge in [-0.1, -0.05) is 0 Å². The Morgan fingerprint density at radius 2 is 1.84 bits per heavy atom. The number of thiazole rings is 1. The zero-order valence-corrected chi connectivity index (χ0v) is 14.6. The van der Waals surface area contributed by atoms with Gasteiger partial charge in [-0.15, -0.1) is 11.3 Å². The van der Waals surface area contributed by atoms with Crippen LogP contribution in [0.1, 0.15) is 10.5 Å². The van der Waals surface area contributed by atoms with Crippen molar-refractivity contribution in [1.29, 1.82) is 0 Å². The fourth-order valence-corrected chi connectivity index (χ4v) is 2.79. The summed E-state index contributed by atoms with van der Waals surface area (Å²) < 4.78 is 16.0. The molecule has 1 amide bonds. The van der Waals surface area contributed by atoms with Crippen LogP contribution in [0.4, 0.5) is 5.13 Å². The van der Waals surface area contributed by atoms with Gasteiger partial charge in [0.2, 0.25) is 5.75 Å². The molecule has 0 atom stereocenters. The molecule has 0 aliphatic carbocycles. The average Bonchev–Trinajstić information content (AvgIpc) is 3.32. The van der Waals surface area contributed by atoms with Crippen molar-refractivity contribution in [2.24, 2.45) is 0 Å². The van der Waals surface area contributed by atoms with Crippen molar-refractivity contribution >= 4 is 22.4 Å². The summed E-state index contributed by atoms with van der Waals surface area (Å²) >= 11 is 1.34. The van der Waals surface area contributed by atoms with Crippen LogP contribution in [0.15, 0.2) is 29.8 Å². The smallest absolute Gasteiger partial charge is 0.275 e. The van der Waals surface area contributed by atoms with Crippen molar-refractivity contribution in [1.82, 2.24) is 15.2 Å². The molecule has 1 aromatic carbocycles. The van der Waals surface area contributed by atoms with Gasteiger partial charge < -0.3 is 14.2 Å². The number of aromatic nitrogens is 3. The second-order valence-corrected chi connectivity index (χ2v) is 5.77. The number of carbonyl (C=O) groups is 1. The number of aromatic amines is 1. The van der Waals surface area contributed by atoms with Gasteiger partial charge in [-0.2, -0.15) is 5.10 Å². The van der Waals surface area contributed by atoms with E-state index in [0.29, 0.717) is 33.8 Å². The minimum Gasteiger partial charge on any atom is -0.493 e. The third kappa shape index (κ3) is 3.41. The van der Waals surface area contributed by atoms with Crippen LogP contribution < -0.4 is 19.5 Å². The molecule has 2 N–H and O–H groups in total. The number of hydrogen-bond donors (Lipinski definition) is 2. The molecule has 0 spiro atoms. The molecule has 3 aromatic rings. The van der Waals surface area contributed by atoms with Gasteiger partial charge in [-0.25, -0.2) is 4.98 Å². The van der Waals surface area contributed by atoms with Crippen molar-refractivity contribution in [2.45, 2.75) is 0 Å². The molecule has 0 aliphatic heterocycles. The molecule has 0 bridgehead atoms. The first kappa shape index (κ1) is 16.8. The van der Waals surface area contributed by atoms with Crippen LogP contribution in [0.2, 0.25) is 0 Å². The Bertz CT molecular complexity index is 851. The van der Waals surface area contributed by atoms with Crippen molar-refractivity contribution in [3.8, 4) is 28.5 Å². The van der Waals surface area contributed by atoms with E-state index in [9.17, 15) is 4.79 Å². The number of amides is 1. The van der Waals surface area contributed by atoms with E-state index in [1.807, 2.05) is 0 Å². The third-order valence-corrected chi connectivity index (χ3v) is 4.12. The molecule has 0 saturated heterocycles. The first-order valence-corrected chi connectivity index (χ1v) is 8.11. The van der Waals surface area contributed by atoms with Crippen LogP contribution >= 0.6 is 11.3 Å². The number of rotatable bonds is 6. The summed E-state index contributed by atoms with van der Waals surface area (Å²) in [6.07, 6.45) is 1.62. The molecule has 130 valence electrons. The molecule has 0 radical (unpaired) electrons. The lowest BCUT2D eigenvalue weighted by atomic mass is 10.1. The molecular formula is C16H16N4O4S. The number of hydrogen-bond acceptors (Lipinski definition) is 7. The van der Waals surface area contributed by atoms with Crippen molar-refractivity contribution in [3.05, 3.63) is 35.5 Å². The largest absolute Gasteiger partial charge is 0.493 e. The first-order chi connectivity index (χ1) is 12.2. The summed E-state index contributed by atoms with van der Waals surface area (Å²) in [5.74, 6) is 1.19. The predicted molar refractivity (Wildman–Crippen MR) is 93.7 cm³/mol. The Morgan fingerprint density at radius 1 is 1.12 bits per heavy atom. The first-order valence-electron chi connectivity index (χ1n) is 7.23. The highest BCUT2D eigenvalue weighted by Crippen LogP contribution is 2.40. The minimum absolute atomic E-state index is 0.318. The Morgan fingerprint density at radius 3 is 2.40 bits per heavy atom. The topological polar surface area (TPSA) is 98.4 Å². The van der Waals surface area contributed by atoms with Crippen LogP contribution in [-0.2, 0) is 0 Å². The quantitative estimate of drug-likeness (QED) is 0.701. The standard InChI is InChI=1S/C16H16N4O4S/c1-22-12-6-9(7-13(23-2)14(12)24-3)10-8-11(20-19-10)15(21)18-16-17-4-5-25-16/h4-8H,1-3H3,(H,19,20)(H,17,18,21). The Labute approximate surface area is 147 Å². The summed E-state index contributed by atoms with van der Waals surface area (Å²) in [4.78, 5) is 16.2. The normalized spacial score (nSPS) is 10.4. The van der Waals surface area contributed by atoms with Crippen molar-refractivity contribution < 1.29 is 19.0 Å². The van der Waals surface area contributed by atoms with Crippen LogP contribution in [0.5, 0.6) is 17.2 Å². The maximum atomic E-state index is 12.2. The highest BCUT2D eigenvalue weighted by atomic mass is 32.1. The van der Waals surface area contributed by atoms with E-state index in [1.54, 1.807) is 44.0 Å². The molecule has 2 heterocycles. The van der Waals surface area contributed by atoms with Crippen molar-refractivity contribution in [3.63, 3.8) is 0 Å². The lowest BCUT2D eigenvalue weighted by Crippen LogP contribution is -2.11. The molecule has 0 saturated carbocycles. The SMILES string of the molecule is COc1cc(-c2cc(C(=O)Nc3nccs3)[nH]n2)cc(OC)c1OC. The molecule has 3 rings (SSSR count). The maximum Gasteiger partial charge on any atom is 0.275 e. The number of nitrogens with one attached hydrogen (secondary N) is 2. The van der Waals surface area contributed by atoms with E-state index < -0.39 is 0 Å². The molecule has 8 nitrogen and oxygen atoms in total. The number of anilines is 1. The summed E-state index contributed by atoms with van der Waals surface area (Å²) in [7, 11) is 4.62. The molecule has 9 heteroatoms. The lowest BCUT2D eigenvalue weighted by Gasteiger charge is -2.13. The van der Waals surface area contributed by atoms with E-state index in [4.69, 9.17) is 14.2 Å². The Hall–Kier alpha value is -3.07. The van der Waals surface area contributed by atoms with E-state index in [1.165, 1.54) is 18.4 Å². The van der Waals surface area contributed by atoms with Crippen LogP contribution in [-0.4, -0.2) is 42.4 Å². The average molecular weight is 360 g/mol. The summed E-state index contributed by atoms with van der Waals surface area (Å²) in [5.41, 5.74) is 1.61. The third-order valence-electron chi connectivity index (χ3n) is 3.44. The van der Waals surface area contributed by atoms with Gasteiger partial charge in [0.25, 0.3) is 5.91 Å². The number of H-pyrrole nitrogens is 1. The summed E-state index contributed by atoms with van der Waals surface area (Å²) in [5, 5.41) is 11.9. The molecule has 2 aromatic heterocycles. The van der Waals surface area contributed by atoms with Crippen LogP contribution in [0, 0.1) is 0 Å². The Balaban J connectivity index is 1.90. The predicted octanol–water partition coefficient (Wildman–Crippen LogP) is 2.81. The highest BCUT2D eigenvalue weighted by molar-refractivity contribution is 7.13. The zero-order chi connectivity index (χ0) is 17.8. The number of ether oxygens (including phenoxy) is 3. The van der Waals surface area contributed by atoms with E-state index in [-0.39, 0.29) is 5.91 Å².